The molecular weight excluding hydrogens is 558 g/mol. The summed E-state index contributed by atoms with van der Waals surface area (Å²) in [5, 5.41) is 16.4. The quantitative estimate of drug-likeness (QED) is 0.360. The molecule has 2 fully saturated rings. The number of carboxylic acids is 2. The van der Waals surface area contributed by atoms with Gasteiger partial charge in [-0.2, -0.15) is 26.3 Å². The van der Waals surface area contributed by atoms with Crippen molar-refractivity contribution in [1.82, 2.24) is 9.80 Å². The van der Waals surface area contributed by atoms with Crippen molar-refractivity contribution in [3.05, 3.63) is 22.4 Å². The van der Waals surface area contributed by atoms with E-state index in [-0.39, 0.29) is 11.4 Å². The Morgan fingerprint density at radius 3 is 2.05 bits per heavy atom. The molecule has 0 aliphatic carbocycles. The lowest BCUT2D eigenvalue weighted by Gasteiger charge is -2.31. The minimum Gasteiger partial charge on any atom is -0.475 e. The number of carboxylic acid groups (broad SMARTS) is 2. The molecule has 2 saturated heterocycles. The standard InChI is InChI=1S/C20H32N2O2S.2C2HF3O2/c1-4-24-19(23)20-8-6-9-21(14-18-7-5-10-25-18)12-17(20)13-22(15-20)11-16(2)3;2*3-2(4,5)1(6)7/h5,7,10,16-17H,4,6,8-9,11-15H2,1-3H3;2*(H,6,7)/t17-,20-;;/m0../s1. The molecule has 1 aromatic rings. The fourth-order valence-electron chi connectivity index (χ4n) is 4.65. The molecule has 15 heteroatoms. The monoisotopic (exact) mass is 592 g/mol. The summed E-state index contributed by atoms with van der Waals surface area (Å²) in [7, 11) is 0. The summed E-state index contributed by atoms with van der Waals surface area (Å²) < 4.78 is 69.0. The van der Waals surface area contributed by atoms with E-state index in [1.807, 2.05) is 18.3 Å². The fraction of sp³-hybridized carbons (Fsp3) is 0.708. The highest BCUT2D eigenvalue weighted by Crippen LogP contribution is 2.44. The second-order valence-electron chi connectivity index (χ2n) is 9.69. The lowest BCUT2D eigenvalue weighted by atomic mass is 9.75. The highest BCUT2D eigenvalue weighted by Gasteiger charge is 2.54. The second-order valence-corrected chi connectivity index (χ2v) is 10.7. The Balaban J connectivity index is 0.000000449. The third-order valence-electron chi connectivity index (χ3n) is 6.09. The van der Waals surface area contributed by atoms with E-state index in [2.05, 4.69) is 41.2 Å². The van der Waals surface area contributed by atoms with Crippen molar-refractivity contribution in [2.45, 2.75) is 52.5 Å². The van der Waals surface area contributed by atoms with E-state index in [0.717, 1.165) is 52.1 Å². The van der Waals surface area contributed by atoms with Crippen molar-refractivity contribution >= 4 is 29.2 Å². The topological polar surface area (TPSA) is 107 Å². The van der Waals surface area contributed by atoms with Gasteiger partial charge in [-0.05, 0) is 43.7 Å². The average Bonchev–Trinajstić information content (AvgIpc) is 3.37. The molecule has 3 rings (SSSR count). The molecular formula is C24H34F6N2O6S. The molecule has 3 heterocycles. The minimum atomic E-state index is -5.08. The van der Waals surface area contributed by atoms with Gasteiger partial charge in [-0.1, -0.05) is 19.9 Å². The Morgan fingerprint density at radius 1 is 1.08 bits per heavy atom. The second kappa shape index (κ2) is 14.8. The fourth-order valence-corrected chi connectivity index (χ4v) is 5.39. The number of carbonyl (C=O) groups is 3. The number of hydrogen-bond donors (Lipinski definition) is 2. The third-order valence-corrected chi connectivity index (χ3v) is 6.95. The number of esters is 1. The van der Waals surface area contributed by atoms with Gasteiger partial charge in [-0.25, -0.2) is 9.59 Å². The van der Waals surface area contributed by atoms with Gasteiger partial charge in [0.05, 0.1) is 12.0 Å². The van der Waals surface area contributed by atoms with Crippen molar-refractivity contribution in [2.75, 3.05) is 39.3 Å². The number of ether oxygens (including phenoxy) is 1. The average molecular weight is 593 g/mol. The number of hydrogen-bond acceptors (Lipinski definition) is 7. The normalized spacial score (nSPS) is 22.1. The number of carbonyl (C=O) groups excluding carboxylic acids is 1. The van der Waals surface area contributed by atoms with Crippen molar-refractivity contribution in [2.24, 2.45) is 17.3 Å². The lowest BCUT2D eigenvalue weighted by Crippen LogP contribution is -2.42. The largest absolute Gasteiger partial charge is 0.490 e. The molecule has 2 atom stereocenters. The maximum absolute atomic E-state index is 12.9. The number of thiophene rings is 1. The maximum Gasteiger partial charge on any atom is 0.490 e. The first-order valence-electron chi connectivity index (χ1n) is 12.2. The molecule has 0 aromatic carbocycles. The van der Waals surface area contributed by atoms with E-state index < -0.39 is 24.3 Å². The van der Waals surface area contributed by atoms with Gasteiger partial charge in [-0.3, -0.25) is 9.69 Å². The van der Waals surface area contributed by atoms with Gasteiger partial charge >= 0.3 is 30.3 Å². The smallest absolute Gasteiger partial charge is 0.475 e. The Kier molecular flexibility index (Phi) is 13.2. The summed E-state index contributed by atoms with van der Waals surface area (Å²) in [6.45, 7) is 13.0. The van der Waals surface area contributed by atoms with E-state index in [1.54, 1.807) is 0 Å². The Bertz CT molecular complexity index is 901. The van der Waals surface area contributed by atoms with Gasteiger partial charge < -0.3 is 19.8 Å². The Hall–Kier alpha value is -2.39. The molecule has 2 N–H and O–H groups in total. The number of aliphatic carboxylic acids is 2. The number of rotatable bonds is 6. The molecule has 0 amide bonds. The van der Waals surface area contributed by atoms with Crippen LogP contribution in [-0.2, 0) is 25.7 Å². The Labute approximate surface area is 226 Å². The summed E-state index contributed by atoms with van der Waals surface area (Å²) in [5.41, 5.74) is -0.297. The van der Waals surface area contributed by atoms with Gasteiger partial charge in [0.25, 0.3) is 0 Å². The predicted octanol–water partition coefficient (Wildman–Crippen LogP) is 4.75. The van der Waals surface area contributed by atoms with Crippen molar-refractivity contribution < 1.29 is 55.7 Å². The lowest BCUT2D eigenvalue weighted by molar-refractivity contribution is -0.193. The van der Waals surface area contributed by atoms with Crippen LogP contribution in [-0.4, -0.2) is 89.6 Å². The van der Waals surface area contributed by atoms with Crippen LogP contribution in [0, 0.1) is 17.3 Å². The van der Waals surface area contributed by atoms with E-state index in [4.69, 9.17) is 24.5 Å². The van der Waals surface area contributed by atoms with Crippen LogP contribution >= 0.6 is 11.3 Å². The van der Waals surface area contributed by atoms with E-state index >= 15 is 0 Å². The van der Waals surface area contributed by atoms with Gasteiger partial charge in [0.2, 0.25) is 0 Å². The van der Waals surface area contributed by atoms with Gasteiger partial charge in [0.15, 0.2) is 0 Å². The van der Waals surface area contributed by atoms with Crippen molar-refractivity contribution in [3.63, 3.8) is 0 Å². The van der Waals surface area contributed by atoms with E-state index in [1.165, 1.54) is 4.88 Å². The van der Waals surface area contributed by atoms with Crippen LogP contribution in [0.3, 0.4) is 0 Å². The van der Waals surface area contributed by atoms with Crippen LogP contribution in [0.25, 0.3) is 0 Å². The van der Waals surface area contributed by atoms with Crippen LogP contribution in [0.5, 0.6) is 0 Å². The first-order chi connectivity index (χ1) is 17.9. The number of fused-ring (bicyclic) bond motifs is 1. The predicted molar refractivity (Wildman–Crippen MR) is 130 cm³/mol. The first kappa shape index (κ1) is 34.6. The molecule has 2 aliphatic rings. The van der Waals surface area contributed by atoms with Crippen molar-refractivity contribution in [3.8, 4) is 0 Å². The molecule has 0 spiro atoms. The van der Waals surface area contributed by atoms with Crippen LogP contribution < -0.4 is 0 Å². The molecule has 0 saturated carbocycles. The summed E-state index contributed by atoms with van der Waals surface area (Å²) in [4.78, 5) is 37.2. The highest BCUT2D eigenvalue weighted by molar-refractivity contribution is 7.09. The summed E-state index contributed by atoms with van der Waals surface area (Å²) in [5.74, 6) is -4.46. The summed E-state index contributed by atoms with van der Waals surface area (Å²) in [6, 6.07) is 4.34. The minimum absolute atomic E-state index is 0.0456. The van der Waals surface area contributed by atoms with Crippen LogP contribution in [0.2, 0.25) is 0 Å². The zero-order valence-corrected chi connectivity index (χ0v) is 22.7. The third kappa shape index (κ3) is 11.3. The number of alkyl halides is 6. The van der Waals surface area contributed by atoms with Crippen molar-refractivity contribution in [1.29, 1.82) is 0 Å². The van der Waals surface area contributed by atoms with Crippen LogP contribution in [0.1, 0.15) is 38.5 Å². The van der Waals surface area contributed by atoms with Gasteiger partial charge in [0.1, 0.15) is 0 Å². The van der Waals surface area contributed by atoms with Gasteiger partial charge in [0, 0.05) is 43.5 Å². The molecule has 1 aromatic heterocycles. The molecule has 2 aliphatic heterocycles. The molecule has 8 nitrogen and oxygen atoms in total. The van der Waals surface area contributed by atoms with E-state index in [9.17, 15) is 31.1 Å². The molecule has 39 heavy (non-hydrogen) atoms. The van der Waals surface area contributed by atoms with E-state index in [0.29, 0.717) is 18.4 Å². The van der Waals surface area contributed by atoms with Crippen LogP contribution in [0.15, 0.2) is 17.5 Å². The number of likely N-dealkylation sites (tertiary alicyclic amines) is 2. The zero-order chi connectivity index (χ0) is 30.0. The maximum atomic E-state index is 12.9. The zero-order valence-electron chi connectivity index (χ0n) is 21.8. The molecule has 0 radical (unpaired) electrons. The first-order valence-corrected chi connectivity index (χ1v) is 13.0. The number of halogens is 6. The highest BCUT2D eigenvalue weighted by atomic mass is 32.1. The van der Waals surface area contributed by atoms with Gasteiger partial charge in [-0.15, -0.1) is 11.3 Å². The molecule has 0 bridgehead atoms. The number of nitrogens with zero attached hydrogens (tertiary/aromatic N) is 2. The SMILES string of the molecule is CCOC(=O)[C@]12CCCN(Cc3cccs3)C[C@H]1CN(CC(C)C)C2.O=C(O)C(F)(F)F.O=C(O)C(F)(F)F. The van der Waals surface area contributed by atoms with Crippen LogP contribution in [0.4, 0.5) is 26.3 Å². The molecule has 224 valence electrons. The summed E-state index contributed by atoms with van der Waals surface area (Å²) >= 11 is 1.83. The summed E-state index contributed by atoms with van der Waals surface area (Å²) in [6.07, 6.45) is -8.12. The Morgan fingerprint density at radius 2 is 1.62 bits per heavy atom. The molecule has 0 unspecified atom stereocenters.